The predicted molar refractivity (Wildman–Crippen MR) is 131 cm³/mol. The highest BCUT2D eigenvalue weighted by molar-refractivity contribution is 6.06. The summed E-state index contributed by atoms with van der Waals surface area (Å²) in [6, 6.07) is 25.1. The van der Waals surface area contributed by atoms with E-state index in [0.29, 0.717) is 11.3 Å². The molecule has 3 aromatic carbocycles. The first kappa shape index (κ1) is 22.6. The van der Waals surface area contributed by atoms with Crippen molar-refractivity contribution in [3.8, 4) is 16.9 Å². The molecule has 0 aliphatic carbocycles. The van der Waals surface area contributed by atoms with Gasteiger partial charge in [0, 0.05) is 28.9 Å². The fraction of sp³-hybridized carbons (Fsp3) is 0.286. The lowest BCUT2D eigenvalue weighted by Gasteiger charge is -2.38. The number of carbonyl (C=O) groups is 2. The summed E-state index contributed by atoms with van der Waals surface area (Å²) in [5, 5.41) is 3.01. The number of para-hydroxylation sites is 1. The van der Waals surface area contributed by atoms with Gasteiger partial charge in [-0.3, -0.25) is 9.59 Å². The number of nitrogens with one attached hydrogen (secondary N) is 1. The Morgan fingerprint density at radius 2 is 1.52 bits per heavy atom. The van der Waals surface area contributed by atoms with E-state index < -0.39 is 0 Å². The van der Waals surface area contributed by atoms with E-state index in [4.69, 9.17) is 4.74 Å². The number of nitrogens with zero attached hydrogens (tertiary/aromatic N) is 1. The molecule has 5 nitrogen and oxygen atoms in total. The van der Waals surface area contributed by atoms with Gasteiger partial charge in [0.2, 0.25) is 0 Å². The first-order chi connectivity index (χ1) is 16.0. The van der Waals surface area contributed by atoms with E-state index in [1.165, 1.54) is 0 Å². The molecule has 2 amide bonds. The maximum absolute atomic E-state index is 12.8. The van der Waals surface area contributed by atoms with Crippen molar-refractivity contribution in [2.45, 2.75) is 45.2 Å². The second-order valence-corrected chi connectivity index (χ2v) is 8.61. The molecule has 170 valence electrons. The molecule has 2 atom stereocenters. The van der Waals surface area contributed by atoms with Crippen LogP contribution in [0.3, 0.4) is 0 Å². The number of anilines is 1. The average molecular weight is 443 g/mol. The molecule has 0 spiro atoms. The van der Waals surface area contributed by atoms with Gasteiger partial charge in [-0.15, -0.1) is 0 Å². The minimum Gasteiger partial charge on any atom is -0.484 e. The molecule has 1 saturated heterocycles. The van der Waals surface area contributed by atoms with Crippen LogP contribution in [0.15, 0.2) is 78.9 Å². The van der Waals surface area contributed by atoms with Crippen LogP contribution in [0.25, 0.3) is 11.1 Å². The molecule has 1 aliphatic heterocycles. The van der Waals surface area contributed by atoms with Crippen LogP contribution in [-0.4, -0.2) is 35.4 Å². The van der Waals surface area contributed by atoms with E-state index in [0.717, 1.165) is 36.1 Å². The SMILES string of the molecule is CC1CCCC(C)N1C(=O)COc1ccc(C(=O)Nc2ccccc2-c2ccccc2)cc1. The third-order valence-electron chi connectivity index (χ3n) is 6.22. The number of amides is 2. The Kier molecular flexibility index (Phi) is 7.08. The van der Waals surface area contributed by atoms with E-state index in [9.17, 15) is 9.59 Å². The second kappa shape index (κ2) is 10.3. The van der Waals surface area contributed by atoms with Crippen LogP contribution in [0.4, 0.5) is 5.69 Å². The van der Waals surface area contributed by atoms with Crippen LogP contribution >= 0.6 is 0 Å². The molecule has 1 aliphatic rings. The van der Waals surface area contributed by atoms with Crippen LogP contribution in [0, 0.1) is 0 Å². The Hall–Kier alpha value is -3.60. The molecule has 1 heterocycles. The Morgan fingerprint density at radius 1 is 0.879 bits per heavy atom. The van der Waals surface area contributed by atoms with Crippen LogP contribution in [-0.2, 0) is 4.79 Å². The van der Waals surface area contributed by atoms with E-state index in [-0.39, 0.29) is 30.5 Å². The zero-order chi connectivity index (χ0) is 23.2. The first-order valence-electron chi connectivity index (χ1n) is 11.5. The molecule has 1 fully saturated rings. The second-order valence-electron chi connectivity index (χ2n) is 8.61. The molecule has 3 aromatic rings. The fourth-order valence-corrected chi connectivity index (χ4v) is 4.49. The van der Waals surface area contributed by atoms with Crippen LogP contribution in [0.5, 0.6) is 5.75 Å². The van der Waals surface area contributed by atoms with E-state index in [1.807, 2.05) is 59.5 Å². The summed E-state index contributed by atoms with van der Waals surface area (Å²) in [5.74, 6) is 0.382. The van der Waals surface area contributed by atoms with Gasteiger partial charge < -0.3 is 15.0 Å². The molecular formula is C28H30N2O3. The molecule has 2 unspecified atom stereocenters. The summed E-state index contributed by atoms with van der Waals surface area (Å²) in [5.41, 5.74) is 3.28. The van der Waals surface area contributed by atoms with Crippen molar-refractivity contribution >= 4 is 17.5 Å². The monoisotopic (exact) mass is 442 g/mol. The molecule has 0 bridgehead atoms. The zero-order valence-electron chi connectivity index (χ0n) is 19.2. The lowest BCUT2D eigenvalue weighted by Crippen LogP contribution is -2.49. The molecular weight excluding hydrogens is 412 g/mol. The Morgan fingerprint density at radius 3 is 2.21 bits per heavy atom. The van der Waals surface area contributed by atoms with Crippen molar-refractivity contribution < 1.29 is 14.3 Å². The van der Waals surface area contributed by atoms with Gasteiger partial charge in [-0.2, -0.15) is 0 Å². The highest BCUT2D eigenvalue weighted by Crippen LogP contribution is 2.28. The summed E-state index contributed by atoms with van der Waals surface area (Å²) < 4.78 is 5.72. The topological polar surface area (TPSA) is 58.6 Å². The maximum atomic E-state index is 12.8. The lowest BCUT2D eigenvalue weighted by molar-refractivity contribution is -0.139. The summed E-state index contributed by atoms with van der Waals surface area (Å²) in [6.45, 7) is 4.19. The van der Waals surface area contributed by atoms with Gasteiger partial charge in [-0.05, 0) is 69.0 Å². The minimum atomic E-state index is -0.197. The van der Waals surface area contributed by atoms with Gasteiger partial charge in [0.25, 0.3) is 11.8 Å². The maximum Gasteiger partial charge on any atom is 0.260 e. The fourth-order valence-electron chi connectivity index (χ4n) is 4.49. The number of ether oxygens (including phenoxy) is 1. The number of benzene rings is 3. The molecule has 33 heavy (non-hydrogen) atoms. The third kappa shape index (κ3) is 5.43. The normalized spacial score (nSPS) is 17.9. The van der Waals surface area contributed by atoms with Crippen molar-refractivity contribution in [1.82, 2.24) is 4.90 Å². The Bertz CT molecular complexity index is 1090. The van der Waals surface area contributed by atoms with Gasteiger partial charge in [0.15, 0.2) is 6.61 Å². The van der Waals surface area contributed by atoms with Gasteiger partial charge in [0.1, 0.15) is 5.75 Å². The first-order valence-corrected chi connectivity index (χ1v) is 11.5. The smallest absolute Gasteiger partial charge is 0.260 e. The zero-order valence-corrected chi connectivity index (χ0v) is 19.2. The molecule has 4 rings (SSSR count). The van der Waals surface area contributed by atoms with Crippen molar-refractivity contribution in [2.75, 3.05) is 11.9 Å². The summed E-state index contributed by atoms with van der Waals surface area (Å²) >= 11 is 0. The van der Waals surface area contributed by atoms with Crippen molar-refractivity contribution in [1.29, 1.82) is 0 Å². The standard InChI is InChI=1S/C28H30N2O3/c1-20-9-8-10-21(2)30(20)27(31)19-33-24-17-15-23(16-18-24)28(32)29-26-14-7-6-13-25(26)22-11-4-3-5-12-22/h3-7,11-18,20-21H,8-10,19H2,1-2H3,(H,29,32). The lowest BCUT2D eigenvalue weighted by atomic mass is 9.97. The Labute approximate surface area is 195 Å². The number of piperidine rings is 1. The summed E-state index contributed by atoms with van der Waals surface area (Å²) in [6.07, 6.45) is 3.23. The van der Waals surface area contributed by atoms with Crippen molar-refractivity contribution in [3.05, 3.63) is 84.4 Å². The van der Waals surface area contributed by atoms with Crippen LogP contribution in [0.2, 0.25) is 0 Å². The quantitative estimate of drug-likeness (QED) is 0.527. The predicted octanol–water partition coefficient (Wildman–Crippen LogP) is 5.77. The average Bonchev–Trinajstić information content (AvgIpc) is 2.84. The van der Waals surface area contributed by atoms with Crippen molar-refractivity contribution in [2.24, 2.45) is 0 Å². The van der Waals surface area contributed by atoms with Gasteiger partial charge in [0.05, 0.1) is 0 Å². The molecule has 5 heteroatoms. The highest BCUT2D eigenvalue weighted by Gasteiger charge is 2.29. The molecule has 0 aromatic heterocycles. The van der Waals surface area contributed by atoms with Crippen molar-refractivity contribution in [3.63, 3.8) is 0 Å². The number of carbonyl (C=O) groups excluding carboxylic acids is 2. The van der Waals surface area contributed by atoms with Gasteiger partial charge in [-0.1, -0.05) is 48.5 Å². The molecule has 0 radical (unpaired) electrons. The minimum absolute atomic E-state index is 0.00464. The number of hydrogen-bond donors (Lipinski definition) is 1. The molecule has 0 saturated carbocycles. The number of likely N-dealkylation sites (tertiary alicyclic amines) is 1. The van der Waals surface area contributed by atoms with Crippen LogP contribution in [0.1, 0.15) is 43.5 Å². The number of rotatable bonds is 6. The van der Waals surface area contributed by atoms with Gasteiger partial charge in [-0.25, -0.2) is 0 Å². The summed E-state index contributed by atoms with van der Waals surface area (Å²) in [7, 11) is 0. The molecule has 1 N–H and O–H groups in total. The van der Waals surface area contributed by atoms with E-state index in [2.05, 4.69) is 19.2 Å². The summed E-state index contributed by atoms with van der Waals surface area (Å²) in [4.78, 5) is 27.4. The highest BCUT2D eigenvalue weighted by atomic mass is 16.5. The number of hydrogen-bond acceptors (Lipinski definition) is 3. The van der Waals surface area contributed by atoms with Gasteiger partial charge >= 0.3 is 0 Å². The van der Waals surface area contributed by atoms with Crippen LogP contribution < -0.4 is 10.1 Å². The van der Waals surface area contributed by atoms with E-state index >= 15 is 0 Å². The van der Waals surface area contributed by atoms with E-state index in [1.54, 1.807) is 24.3 Å². The Balaban J connectivity index is 1.38. The third-order valence-corrected chi connectivity index (χ3v) is 6.22. The largest absolute Gasteiger partial charge is 0.484 e.